The highest BCUT2D eigenvalue weighted by molar-refractivity contribution is 6.31. The second-order valence-corrected chi connectivity index (χ2v) is 3.18. The van der Waals surface area contributed by atoms with Crippen molar-refractivity contribution < 1.29 is 4.42 Å². The molecule has 0 unspecified atom stereocenters. The van der Waals surface area contributed by atoms with Crippen LogP contribution in [0.3, 0.4) is 0 Å². The van der Waals surface area contributed by atoms with Crippen LogP contribution < -0.4 is 5.76 Å². The van der Waals surface area contributed by atoms with Crippen LogP contribution in [0, 0.1) is 0 Å². The molecular formula is C9H7ClN2O2. The first-order valence-corrected chi connectivity index (χ1v) is 4.41. The zero-order chi connectivity index (χ0) is 9.97. The summed E-state index contributed by atoms with van der Waals surface area (Å²) in [6.07, 6.45) is 0.415. The smallest absolute Gasteiger partial charge is 0.392 e. The lowest BCUT2D eigenvalue weighted by Gasteiger charge is -1.98. The van der Waals surface area contributed by atoms with E-state index in [-0.39, 0.29) is 0 Å². The van der Waals surface area contributed by atoms with Crippen molar-refractivity contribution in [2.24, 2.45) is 0 Å². The summed E-state index contributed by atoms with van der Waals surface area (Å²) >= 11 is 5.92. The number of aromatic nitrogens is 2. The van der Waals surface area contributed by atoms with Gasteiger partial charge in [0.05, 0.1) is 6.42 Å². The maximum atomic E-state index is 10.6. The Balaban J connectivity index is 2.27. The maximum absolute atomic E-state index is 10.6. The molecular weight excluding hydrogens is 204 g/mol. The molecule has 1 N–H and O–H groups in total. The van der Waals surface area contributed by atoms with E-state index >= 15 is 0 Å². The number of nitrogens with one attached hydrogen (secondary N) is 1. The van der Waals surface area contributed by atoms with Crippen molar-refractivity contribution in [2.45, 2.75) is 6.42 Å². The molecule has 1 aromatic heterocycles. The van der Waals surface area contributed by atoms with Gasteiger partial charge in [-0.2, -0.15) is 0 Å². The summed E-state index contributed by atoms with van der Waals surface area (Å²) in [5.74, 6) is -0.213. The van der Waals surface area contributed by atoms with Gasteiger partial charge < -0.3 is 4.42 Å². The molecule has 0 atom stereocenters. The Morgan fingerprint density at radius 2 is 2.21 bits per heavy atom. The molecule has 0 aliphatic rings. The quantitative estimate of drug-likeness (QED) is 0.819. The third-order valence-electron chi connectivity index (χ3n) is 1.78. The number of hydrogen-bond donors (Lipinski definition) is 1. The lowest BCUT2D eigenvalue weighted by molar-refractivity contribution is 0.471. The van der Waals surface area contributed by atoms with Crippen LogP contribution in [0.25, 0.3) is 0 Å². The molecule has 0 bridgehead atoms. The van der Waals surface area contributed by atoms with Gasteiger partial charge in [0.25, 0.3) is 0 Å². The molecule has 14 heavy (non-hydrogen) atoms. The highest BCUT2D eigenvalue weighted by Gasteiger charge is 2.05. The first kappa shape index (κ1) is 9.02. The van der Waals surface area contributed by atoms with Gasteiger partial charge in [-0.15, -0.1) is 5.10 Å². The van der Waals surface area contributed by atoms with Crippen LogP contribution in [-0.2, 0) is 6.42 Å². The average molecular weight is 211 g/mol. The molecule has 0 radical (unpaired) electrons. The summed E-state index contributed by atoms with van der Waals surface area (Å²) in [5.41, 5.74) is 0.879. The van der Waals surface area contributed by atoms with Crippen molar-refractivity contribution in [3.8, 4) is 0 Å². The third kappa shape index (κ3) is 1.85. The topological polar surface area (TPSA) is 58.9 Å². The number of rotatable bonds is 2. The van der Waals surface area contributed by atoms with Crippen LogP contribution >= 0.6 is 11.6 Å². The Bertz CT molecular complexity index is 489. The molecule has 2 aromatic rings. The van der Waals surface area contributed by atoms with Gasteiger partial charge in [-0.25, -0.2) is 9.89 Å². The Labute approximate surface area is 84.5 Å². The van der Waals surface area contributed by atoms with Crippen LogP contribution in [0.2, 0.25) is 5.02 Å². The van der Waals surface area contributed by atoms with Gasteiger partial charge in [0.15, 0.2) is 0 Å². The predicted molar refractivity (Wildman–Crippen MR) is 51.4 cm³/mol. The fraction of sp³-hybridized carbons (Fsp3) is 0.111. The van der Waals surface area contributed by atoms with E-state index in [0.29, 0.717) is 17.3 Å². The van der Waals surface area contributed by atoms with Gasteiger partial charge in [-0.3, -0.25) is 0 Å². The fourth-order valence-electron chi connectivity index (χ4n) is 1.14. The van der Waals surface area contributed by atoms with Crippen molar-refractivity contribution >= 4 is 11.6 Å². The molecule has 2 rings (SSSR count). The van der Waals surface area contributed by atoms with Crippen LogP contribution in [0.5, 0.6) is 0 Å². The van der Waals surface area contributed by atoms with Gasteiger partial charge in [0.2, 0.25) is 5.89 Å². The Morgan fingerprint density at radius 3 is 2.86 bits per heavy atom. The normalized spacial score (nSPS) is 10.4. The van der Waals surface area contributed by atoms with Gasteiger partial charge in [0, 0.05) is 5.02 Å². The Hall–Kier alpha value is -1.55. The molecule has 0 saturated heterocycles. The molecule has 5 heteroatoms. The Kier molecular flexibility index (Phi) is 2.37. The van der Waals surface area contributed by atoms with Crippen LogP contribution in [0.15, 0.2) is 33.5 Å². The summed E-state index contributed by atoms with van der Waals surface area (Å²) in [6, 6.07) is 7.34. The predicted octanol–water partition coefficient (Wildman–Crippen LogP) is 1.61. The van der Waals surface area contributed by atoms with Crippen LogP contribution in [0.4, 0.5) is 0 Å². The highest BCUT2D eigenvalue weighted by atomic mass is 35.5. The molecule has 72 valence electrons. The van der Waals surface area contributed by atoms with E-state index in [1.807, 2.05) is 18.2 Å². The molecule has 0 fully saturated rings. The number of hydrogen-bond acceptors (Lipinski definition) is 3. The maximum Gasteiger partial charge on any atom is 0.434 e. The van der Waals surface area contributed by atoms with Crippen LogP contribution in [0.1, 0.15) is 11.5 Å². The number of nitrogens with zero attached hydrogens (tertiary/aromatic N) is 1. The fourth-order valence-corrected chi connectivity index (χ4v) is 1.34. The highest BCUT2D eigenvalue weighted by Crippen LogP contribution is 2.17. The zero-order valence-electron chi connectivity index (χ0n) is 7.16. The molecule has 0 spiro atoms. The van der Waals surface area contributed by atoms with Crippen molar-refractivity contribution in [1.29, 1.82) is 0 Å². The molecule has 0 aliphatic heterocycles. The second-order valence-electron chi connectivity index (χ2n) is 2.78. The van der Waals surface area contributed by atoms with E-state index < -0.39 is 5.76 Å². The van der Waals surface area contributed by atoms with Crippen molar-refractivity contribution in [2.75, 3.05) is 0 Å². The average Bonchev–Trinajstić information content (AvgIpc) is 2.56. The van der Waals surface area contributed by atoms with Gasteiger partial charge in [-0.1, -0.05) is 29.8 Å². The lowest BCUT2D eigenvalue weighted by Crippen LogP contribution is -1.94. The minimum absolute atomic E-state index is 0.336. The minimum atomic E-state index is -0.549. The third-order valence-corrected chi connectivity index (χ3v) is 2.15. The SMILES string of the molecule is O=c1[nH]nc(Cc2ccccc2Cl)o1. The van der Waals surface area contributed by atoms with E-state index in [9.17, 15) is 4.79 Å². The molecule has 0 saturated carbocycles. The largest absolute Gasteiger partial charge is 0.434 e. The van der Waals surface area contributed by atoms with Crippen LogP contribution in [-0.4, -0.2) is 10.2 Å². The number of halogens is 1. The first-order valence-electron chi connectivity index (χ1n) is 4.03. The van der Waals surface area contributed by atoms with E-state index in [1.165, 1.54) is 0 Å². The summed E-state index contributed by atoms with van der Waals surface area (Å²) in [5, 5.41) is 6.52. The molecule has 0 amide bonds. The minimum Gasteiger partial charge on any atom is -0.392 e. The lowest BCUT2D eigenvalue weighted by atomic mass is 10.1. The second kappa shape index (κ2) is 3.67. The number of benzene rings is 1. The monoisotopic (exact) mass is 210 g/mol. The number of aromatic amines is 1. The summed E-state index contributed by atoms with van der Waals surface area (Å²) in [6.45, 7) is 0. The first-order chi connectivity index (χ1) is 6.75. The van der Waals surface area contributed by atoms with E-state index in [0.717, 1.165) is 5.56 Å². The van der Waals surface area contributed by atoms with Gasteiger partial charge >= 0.3 is 5.76 Å². The van der Waals surface area contributed by atoms with Crippen molar-refractivity contribution in [3.05, 3.63) is 51.3 Å². The summed E-state index contributed by atoms with van der Waals surface area (Å²) in [7, 11) is 0. The molecule has 4 nitrogen and oxygen atoms in total. The molecule has 0 aliphatic carbocycles. The van der Waals surface area contributed by atoms with Crippen molar-refractivity contribution in [3.63, 3.8) is 0 Å². The summed E-state index contributed by atoms with van der Waals surface area (Å²) < 4.78 is 4.76. The van der Waals surface area contributed by atoms with Crippen molar-refractivity contribution in [1.82, 2.24) is 10.2 Å². The standard InChI is InChI=1S/C9H7ClN2O2/c10-7-4-2-1-3-6(7)5-8-11-12-9(13)14-8/h1-4H,5H2,(H,12,13). The molecule has 1 aromatic carbocycles. The van der Waals surface area contributed by atoms with Gasteiger partial charge in [-0.05, 0) is 11.6 Å². The summed E-state index contributed by atoms with van der Waals surface area (Å²) in [4.78, 5) is 10.6. The van der Waals surface area contributed by atoms with E-state index in [4.69, 9.17) is 16.0 Å². The van der Waals surface area contributed by atoms with Gasteiger partial charge in [0.1, 0.15) is 0 Å². The Morgan fingerprint density at radius 1 is 1.43 bits per heavy atom. The zero-order valence-corrected chi connectivity index (χ0v) is 7.91. The van der Waals surface area contributed by atoms with E-state index in [2.05, 4.69) is 10.2 Å². The van der Waals surface area contributed by atoms with E-state index in [1.54, 1.807) is 6.07 Å². The molecule has 1 heterocycles. The number of H-pyrrole nitrogens is 1.